The molecule has 0 fully saturated rings. The van der Waals surface area contributed by atoms with E-state index in [0.717, 1.165) is 12.1 Å². The molecule has 1 unspecified atom stereocenters. The van der Waals surface area contributed by atoms with Gasteiger partial charge in [-0.05, 0) is 27.0 Å². The molecule has 1 N–H and O–H groups in total. The van der Waals surface area contributed by atoms with Gasteiger partial charge in [0.25, 0.3) is 0 Å². The van der Waals surface area contributed by atoms with E-state index in [-0.39, 0.29) is 0 Å². The molecule has 5 heteroatoms. The first-order chi connectivity index (χ1) is 8.20. The second-order valence-corrected chi connectivity index (χ2v) is 5.25. The molecule has 0 aliphatic carbocycles. The van der Waals surface area contributed by atoms with E-state index in [4.69, 9.17) is 0 Å². The summed E-state index contributed by atoms with van der Waals surface area (Å²) in [6.07, 6.45) is 4.86. The van der Waals surface area contributed by atoms with Gasteiger partial charge < -0.3 is 5.32 Å². The average molecular weight is 250 g/mol. The van der Waals surface area contributed by atoms with Crippen LogP contribution in [-0.2, 0) is 6.42 Å². The Morgan fingerprint density at radius 3 is 2.82 bits per heavy atom. The lowest BCUT2D eigenvalue weighted by Gasteiger charge is -2.12. The zero-order chi connectivity index (χ0) is 12.3. The van der Waals surface area contributed by atoms with Crippen molar-refractivity contribution in [2.45, 2.75) is 32.4 Å². The third kappa shape index (κ3) is 2.92. The number of nitrogens with one attached hydrogen (secondary N) is 1. The first-order valence-corrected chi connectivity index (χ1v) is 6.68. The van der Waals surface area contributed by atoms with Gasteiger partial charge in [0.1, 0.15) is 0 Å². The molecule has 4 nitrogen and oxygen atoms in total. The molecule has 2 heterocycles. The van der Waals surface area contributed by atoms with Gasteiger partial charge in [-0.2, -0.15) is 5.10 Å². The number of aromatic nitrogens is 3. The first-order valence-electron chi connectivity index (χ1n) is 5.80. The van der Waals surface area contributed by atoms with Gasteiger partial charge in [0.2, 0.25) is 0 Å². The minimum atomic E-state index is 0.304. The minimum absolute atomic E-state index is 0.304. The zero-order valence-electron chi connectivity index (χ0n) is 10.4. The van der Waals surface area contributed by atoms with Crippen LogP contribution >= 0.6 is 11.3 Å². The fraction of sp³-hybridized carbons (Fsp3) is 0.500. The molecule has 2 rings (SSSR count). The second-order valence-electron chi connectivity index (χ2n) is 4.33. The molecule has 0 amide bonds. The standard InChI is InChI=1S/C12H18N4S/c1-9(2)16-5-4-10(15-16)6-11(13-3)12-7-14-8-17-12/h4-5,7-9,11,13H,6H2,1-3H3. The summed E-state index contributed by atoms with van der Waals surface area (Å²) in [5, 5.41) is 7.88. The van der Waals surface area contributed by atoms with Crippen molar-refractivity contribution in [2.24, 2.45) is 0 Å². The molecule has 0 radical (unpaired) electrons. The molecular weight excluding hydrogens is 232 g/mol. The summed E-state index contributed by atoms with van der Waals surface area (Å²) in [5.41, 5.74) is 2.98. The predicted octanol–water partition coefficient (Wildman–Crippen LogP) is 2.42. The van der Waals surface area contributed by atoms with Crippen LogP contribution in [0.4, 0.5) is 0 Å². The molecule has 0 spiro atoms. The Labute approximate surface area is 106 Å². The van der Waals surface area contributed by atoms with Crippen LogP contribution in [0.15, 0.2) is 24.0 Å². The first kappa shape index (κ1) is 12.3. The van der Waals surface area contributed by atoms with Crippen molar-refractivity contribution < 1.29 is 0 Å². The van der Waals surface area contributed by atoms with Gasteiger partial charge in [0, 0.05) is 35.8 Å². The topological polar surface area (TPSA) is 42.7 Å². The molecule has 0 aliphatic rings. The van der Waals surface area contributed by atoms with Crippen molar-refractivity contribution in [2.75, 3.05) is 7.05 Å². The maximum Gasteiger partial charge on any atom is 0.0794 e. The van der Waals surface area contributed by atoms with E-state index in [1.54, 1.807) is 11.3 Å². The maximum atomic E-state index is 4.57. The van der Waals surface area contributed by atoms with E-state index in [0.29, 0.717) is 12.1 Å². The number of likely N-dealkylation sites (N-methyl/N-ethyl adjacent to an activating group) is 1. The van der Waals surface area contributed by atoms with Crippen LogP contribution in [0, 0.1) is 0 Å². The van der Waals surface area contributed by atoms with E-state index in [1.807, 2.05) is 29.6 Å². The van der Waals surface area contributed by atoms with Crippen LogP contribution in [0.1, 0.15) is 36.5 Å². The van der Waals surface area contributed by atoms with Crippen LogP contribution < -0.4 is 5.32 Å². The van der Waals surface area contributed by atoms with E-state index in [9.17, 15) is 0 Å². The fourth-order valence-corrected chi connectivity index (χ4v) is 2.46. The fourth-order valence-electron chi connectivity index (χ4n) is 1.73. The van der Waals surface area contributed by atoms with Gasteiger partial charge in [0.05, 0.1) is 11.2 Å². The Kier molecular flexibility index (Phi) is 3.91. The normalized spacial score (nSPS) is 13.2. The highest BCUT2D eigenvalue weighted by atomic mass is 32.1. The Hall–Kier alpha value is -1.20. The SMILES string of the molecule is CNC(Cc1ccn(C(C)C)n1)c1cncs1. The number of hydrogen-bond acceptors (Lipinski definition) is 4. The zero-order valence-corrected chi connectivity index (χ0v) is 11.2. The lowest BCUT2D eigenvalue weighted by atomic mass is 10.1. The maximum absolute atomic E-state index is 4.57. The van der Waals surface area contributed by atoms with Crippen molar-refractivity contribution in [1.82, 2.24) is 20.1 Å². The molecule has 0 bridgehead atoms. The lowest BCUT2D eigenvalue weighted by Crippen LogP contribution is -2.18. The molecule has 1 atom stereocenters. The van der Waals surface area contributed by atoms with Gasteiger partial charge in [-0.15, -0.1) is 11.3 Å². The number of rotatable bonds is 5. The summed E-state index contributed by atoms with van der Waals surface area (Å²) in [5.74, 6) is 0. The summed E-state index contributed by atoms with van der Waals surface area (Å²) in [6, 6.07) is 2.81. The third-order valence-corrected chi connectivity index (χ3v) is 3.64. The van der Waals surface area contributed by atoms with Crippen molar-refractivity contribution in [3.63, 3.8) is 0 Å². The molecule has 2 aromatic rings. The van der Waals surface area contributed by atoms with Crippen molar-refractivity contribution in [1.29, 1.82) is 0 Å². The number of nitrogens with zero attached hydrogens (tertiary/aromatic N) is 3. The van der Waals surface area contributed by atoms with E-state index in [1.165, 1.54) is 4.88 Å². The van der Waals surface area contributed by atoms with E-state index in [2.05, 4.69) is 35.3 Å². The minimum Gasteiger partial charge on any atom is -0.312 e. The van der Waals surface area contributed by atoms with Gasteiger partial charge >= 0.3 is 0 Å². The molecular formula is C12H18N4S. The van der Waals surface area contributed by atoms with Crippen LogP contribution in [-0.4, -0.2) is 21.8 Å². The molecule has 0 aromatic carbocycles. The Morgan fingerprint density at radius 1 is 1.47 bits per heavy atom. The highest BCUT2D eigenvalue weighted by molar-refractivity contribution is 7.09. The Bertz CT molecular complexity index is 447. The van der Waals surface area contributed by atoms with Crippen molar-refractivity contribution in [3.05, 3.63) is 34.5 Å². The van der Waals surface area contributed by atoms with Crippen molar-refractivity contribution >= 4 is 11.3 Å². The van der Waals surface area contributed by atoms with Crippen LogP contribution in [0.3, 0.4) is 0 Å². The Morgan fingerprint density at radius 2 is 2.29 bits per heavy atom. The van der Waals surface area contributed by atoms with Gasteiger partial charge in [-0.1, -0.05) is 0 Å². The van der Waals surface area contributed by atoms with E-state index < -0.39 is 0 Å². The van der Waals surface area contributed by atoms with Crippen molar-refractivity contribution in [3.8, 4) is 0 Å². The number of thiazole rings is 1. The summed E-state index contributed by atoms with van der Waals surface area (Å²) in [4.78, 5) is 5.38. The highest BCUT2D eigenvalue weighted by Gasteiger charge is 2.13. The summed E-state index contributed by atoms with van der Waals surface area (Å²) in [6.45, 7) is 4.27. The van der Waals surface area contributed by atoms with Gasteiger partial charge in [-0.25, -0.2) is 0 Å². The van der Waals surface area contributed by atoms with Crippen LogP contribution in [0.2, 0.25) is 0 Å². The monoisotopic (exact) mass is 250 g/mol. The molecule has 17 heavy (non-hydrogen) atoms. The predicted molar refractivity (Wildman–Crippen MR) is 70.2 cm³/mol. The molecule has 0 aliphatic heterocycles. The molecule has 2 aromatic heterocycles. The smallest absolute Gasteiger partial charge is 0.0794 e. The quantitative estimate of drug-likeness (QED) is 0.886. The van der Waals surface area contributed by atoms with Gasteiger partial charge in [-0.3, -0.25) is 9.67 Å². The molecule has 0 saturated heterocycles. The summed E-state index contributed by atoms with van der Waals surface area (Å²) >= 11 is 1.68. The summed E-state index contributed by atoms with van der Waals surface area (Å²) in [7, 11) is 1.98. The van der Waals surface area contributed by atoms with Crippen LogP contribution in [0.5, 0.6) is 0 Å². The highest BCUT2D eigenvalue weighted by Crippen LogP contribution is 2.20. The lowest BCUT2D eigenvalue weighted by molar-refractivity contribution is 0.516. The molecule has 92 valence electrons. The largest absolute Gasteiger partial charge is 0.312 e. The van der Waals surface area contributed by atoms with Crippen LogP contribution in [0.25, 0.3) is 0 Å². The molecule has 0 saturated carbocycles. The van der Waals surface area contributed by atoms with Gasteiger partial charge in [0.15, 0.2) is 0 Å². The summed E-state index contributed by atoms with van der Waals surface area (Å²) < 4.78 is 1.99. The third-order valence-electron chi connectivity index (χ3n) is 2.75. The second kappa shape index (κ2) is 5.42. The Balaban J connectivity index is 2.08. The number of hydrogen-bond donors (Lipinski definition) is 1. The average Bonchev–Trinajstić information content (AvgIpc) is 2.96. The van der Waals surface area contributed by atoms with E-state index >= 15 is 0 Å².